The first-order valence-corrected chi connectivity index (χ1v) is 5.53. The van der Waals surface area contributed by atoms with Gasteiger partial charge in [0, 0.05) is 6.54 Å². The van der Waals surface area contributed by atoms with E-state index in [0.29, 0.717) is 12.3 Å². The Labute approximate surface area is 104 Å². The second-order valence-corrected chi connectivity index (χ2v) is 3.75. The van der Waals surface area contributed by atoms with Gasteiger partial charge in [-0.15, -0.1) is 0 Å². The average Bonchev–Trinajstić information content (AvgIpc) is 2.33. The van der Waals surface area contributed by atoms with Crippen LogP contribution in [0, 0.1) is 0 Å². The minimum atomic E-state index is -4.33. The fraction of sp³-hybridized carbons (Fsp3) is 0.500. The number of hydrogen-bond donors (Lipinski definition) is 1. The Kier molecular flexibility index (Phi) is 5.43. The molecule has 1 rings (SSSR count). The molecule has 0 fully saturated rings. The molecule has 102 valence electrons. The molecule has 1 aromatic carbocycles. The van der Waals surface area contributed by atoms with Crippen molar-refractivity contribution in [3.05, 3.63) is 29.8 Å². The highest BCUT2D eigenvalue weighted by atomic mass is 19.4. The molecule has 0 saturated carbocycles. The summed E-state index contributed by atoms with van der Waals surface area (Å²) in [6, 6.07) is 7.07. The molecule has 1 atom stereocenters. The Bertz CT molecular complexity index is 369. The van der Waals surface area contributed by atoms with Gasteiger partial charge in [-0.1, -0.05) is 12.1 Å². The van der Waals surface area contributed by atoms with Gasteiger partial charge in [-0.05, 0) is 24.6 Å². The van der Waals surface area contributed by atoms with E-state index in [9.17, 15) is 13.2 Å². The summed E-state index contributed by atoms with van der Waals surface area (Å²) >= 11 is 0. The summed E-state index contributed by atoms with van der Waals surface area (Å²) in [5.74, 6) is 0.571. The number of benzene rings is 1. The zero-order chi connectivity index (χ0) is 13.6. The second-order valence-electron chi connectivity index (χ2n) is 3.75. The summed E-state index contributed by atoms with van der Waals surface area (Å²) in [7, 11) is 0. The van der Waals surface area contributed by atoms with Gasteiger partial charge in [-0.2, -0.15) is 13.2 Å². The number of hydrogen-bond acceptors (Lipinski definition) is 3. The predicted molar refractivity (Wildman–Crippen MR) is 61.3 cm³/mol. The molecular formula is C12H16F3NO2. The standard InChI is InChI=1S/C12H16F3NO2/c1-9(12(13,14)15)17-5-6-18-11-4-2-3-10(7-11)8-16/h2-4,7,9H,5-6,8,16H2,1H3. The lowest BCUT2D eigenvalue weighted by Crippen LogP contribution is -2.29. The maximum atomic E-state index is 12.1. The molecule has 0 saturated heterocycles. The highest BCUT2D eigenvalue weighted by molar-refractivity contribution is 5.28. The highest BCUT2D eigenvalue weighted by Gasteiger charge is 2.36. The van der Waals surface area contributed by atoms with Gasteiger partial charge < -0.3 is 15.2 Å². The molecule has 6 heteroatoms. The van der Waals surface area contributed by atoms with Crippen molar-refractivity contribution in [2.45, 2.75) is 25.7 Å². The third-order valence-electron chi connectivity index (χ3n) is 2.32. The van der Waals surface area contributed by atoms with Crippen molar-refractivity contribution in [1.82, 2.24) is 0 Å². The molecule has 0 amide bonds. The molecule has 0 bridgehead atoms. The molecule has 0 aromatic heterocycles. The van der Waals surface area contributed by atoms with E-state index >= 15 is 0 Å². The summed E-state index contributed by atoms with van der Waals surface area (Å²) in [6.07, 6.45) is -6.11. The van der Waals surface area contributed by atoms with Gasteiger partial charge in [-0.3, -0.25) is 0 Å². The first-order valence-electron chi connectivity index (χ1n) is 5.53. The topological polar surface area (TPSA) is 44.5 Å². The van der Waals surface area contributed by atoms with E-state index in [4.69, 9.17) is 10.5 Å². The number of ether oxygens (including phenoxy) is 2. The van der Waals surface area contributed by atoms with Crippen LogP contribution in [0.4, 0.5) is 13.2 Å². The molecule has 1 unspecified atom stereocenters. The fourth-order valence-electron chi connectivity index (χ4n) is 1.24. The van der Waals surface area contributed by atoms with Crippen LogP contribution in [-0.4, -0.2) is 25.5 Å². The fourth-order valence-corrected chi connectivity index (χ4v) is 1.24. The third kappa shape index (κ3) is 4.93. The van der Waals surface area contributed by atoms with E-state index in [-0.39, 0.29) is 13.2 Å². The molecule has 0 radical (unpaired) electrons. The monoisotopic (exact) mass is 263 g/mol. The SMILES string of the molecule is CC(OCCOc1cccc(CN)c1)C(F)(F)F. The summed E-state index contributed by atoms with van der Waals surface area (Å²) in [4.78, 5) is 0. The van der Waals surface area contributed by atoms with Crippen LogP contribution in [0.2, 0.25) is 0 Å². The number of alkyl halides is 3. The first kappa shape index (κ1) is 14.8. The van der Waals surface area contributed by atoms with Crippen molar-refractivity contribution in [3.8, 4) is 5.75 Å². The van der Waals surface area contributed by atoms with Crippen LogP contribution in [-0.2, 0) is 11.3 Å². The van der Waals surface area contributed by atoms with Crippen molar-refractivity contribution in [1.29, 1.82) is 0 Å². The lowest BCUT2D eigenvalue weighted by molar-refractivity contribution is -0.215. The summed E-state index contributed by atoms with van der Waals surface area (Å²) in [5, 5.41) is 0. The van der Waals surface area contributed by atoms with E-state index in [0.717, 1.165) is 12.5 Å². The summed E-state index contributed by atoms with van der Waals surface area (Å²) < 4.78 is 46.2. The van der Waals surface area contributed by atoms with Crippen LogP contribution < -0.4 is 10.5 Å². The molecule has 0 heterocycles. The molecule has 0 aliphatic carbocycles. The van der Waals surface area contributed by atoms with Crippen LogP contribution in [0.3, 0.4) is 0 Å². The number of nitrogens with two attached hydrogens (primary N) is 1. The van der Waals surface area contributed by atoms with Gasteiger partial charge >= 0.3 is 6.18 Å². The van der Waals surface area contributed by atoms with Gasteiger partial charge in [0.1, 0.15) is 12.4 Å². The van der Waals surface area contributed by atoms with E-state index in [1.54, 1.807) is 18.2 Å². The van der Waals surface area contributed by atoms with Gasteiger partial charge in [0.2, 0.25) is 0 Å². The van der Waals surface area contributed by atoms with Crippen LogP contribution >= 0.6 is 0 Å². The Morgan fingerprint density at radius 2 is 2.00 bits per heavy atom. The van der Waals surface area contributed by atoms with Crippen LogP contribution in [0.25, 0.3) is 0 Å². The smallest absolute Gasteiger partial charge is 0.414 e. The number of halogens is 3. The zero-order valence-electron chi connectivity index (χ0n) is 10.0. The normalized spacial score (nSPS) is 13.4. The summed E-state index contributed by atoms with van der Waals surface area (Å²) in [6.45, 7) is 1.30. The average molecular weight is 263 g/mol. The molecule has 0 spiro atoms. The van der Waals surface area contributed by atoms with Gasteiger partial charge in [-0.25, -0.2) is 0 Å². The Balaban J connectivity index is 2.29. The Hall–Kier alpha value is -1.27. The first-order chi connectivity index (χ1) is 8.43. The highest BCUT2D eigenvalue weighted by Crippen LogP contribution is 2.22. The van der Waals surface area contributed by atoms with Crippen molar-refractivity contribution >= 4 is 0 Å². The largest absolute Gasteiger partial charge is 0.491 e. The van der Waals surface area contributed by atoms with Gasteiger partial charge in [0.25, 0.3) is 0 Å². The van der Waals surface area contributed by atoms with Crippen molar-refractivity contribution in [2.75, 3.05) is 13.2 Å². The molecule has 0 aliphatic heterocycles. The van der Waals surface area contributed by atoms with E-state index in [1.807, 2.05) is 6.07 Å². The molecule has 2 N–H and O–H groups in total. The minimum Gasteiger partial charge on any atom is -0.491 e. The second kappa shape index (κ2) is 6.61. The van der Waals surface area contributed by atoms with Crippen LogP contribution in [0.5, 0.6) is 5.75 Å². The minimum absolute atomic E-state index is 0.0639. The molecular weight excluding hydrogens is 247 g/mol. The lowest BCUT2D eigenvalue weighted by Gasteiger charge is -2.16. The van der Waals surface area contributed by atoms with Gasteiger partial charge in [0.15, 0.2) is 6.10 Å². The van der Waals surface area contributed by atoms with Crippen molar-refractivity contribution < 1.29 is 22.6 Å². The number of rotatable bonds is 6. The van der Waals surface area contributed by atoms with E-state index < -0.39 is 12.3 Å². The maximum absolute atomic E-state index is 12.1. The quantitative estimate of drug-likeness (QED) is 0.802. The zero-order valence-corrected chi connectivity index (χ0v) is 10.0. The Morgan fingerprint density at radius 1 is 1.28 bits per heavy atom. The van der Waals surface area contributed by atoms with Crippen LogP contribution in [0.1, 0.15) is 12.5 Å². The molecule has 0 aliphatic rings. The maximum Gasteiger partial charge on any atom is 0.414 e. The van der Waals surface area contributed by atoms with E-state index in [2.05, 4.69) is 4.74 Å². The summed E-state index contributed by atoms with van der Waals surface area (Å²) in [5.41, 5.74) is 6.36. The predicted octanol–water partition coefficient (Wildman–Crippen LogP) is 2.49. The lowest BCUT2D eigenvalue weighted by atomic mass is 10.2. The van der Waals surface area contributed by atoms with Crippen molar-refractivity contribution in [2.24, 2.45) is 5.73 Å². The molecule has 18 heavy (non-hydrogen) atoms. The Morgan fingerprint density at radius 3 is 2.61 bits per heavy atom. The van der Waals surface area contributed by atoms with E-state index in [1.165, 1.54) is 0 Å². The third-order valence-corrected chi connectivity index (χ3v) is 2.32. The van der Waals surface area contributed by atoms with Gasteiger partial charge in [0.05, 0.1) is 6.61 Å². The van der Waals surface area contributed by atoms with Crippen molar-refractivity contribution in [3.63, 3.8) is 0 Å². The molecule has 3 nitrogen and oxygen atoms in total. The van der Waals surface area contributed by atoms with Crippen LogP contribution in [0.15, 0.2) is 24.3 Å². The molecule has 1 aromatic rings.